The summed E-state index contributed by atoms with van der Waals surface area (Å²) in [6, 6.07) is 10.2. The molecule has 1 N–H and O–H groups in total. The minimum Gasteiger partial charge on any atom is -0.444 e. The van der Waals surface area contributed by atoms with E-state index in [0.717, 1.165) is 29.8 Å². The first-order valence-corrected chi connectivity index (χ1v) is 8.99. The highest BCUT2D eigenvalue weighted by atomic mass is 35.5. The second-order valence-corrected chi connectivity index (χ2v) is 8.30. The third-order valence-electron chi connectivity index (χ3n) is 4.83. The highest BCUT2D eigenvalue weighted by molar-refractivity contribution is 6.33. The number of amides is 1. The molecule has 1 aliphatic carbocycles. The lowest BCUT2D eigenvalue weighted by Crippen LogP contribution is -2.38. The third kappa shape index (κ3) is 3.25. The van der Waals surface area contributed by atoms with E-state index in [-0.39, 0.29) is 6.09 Å². The number of ether oxygens (including phenoxy) is 1. The Kier molecular flexibility index (Phi) is 3.80. The number of carbonyl (C=O) groups is 1. The van der Waals surface area contributed by atoms with Crippen LogP contribution in [0.2, 0.25) is 5.02 Å². The first-order chi connectivity index (χ1) is 11.8. The second kappa shape index (κ2) is 5.77. The van der Waals surface area contributed by atoms with E-state index >= 15 is 0 Å². The molecule has 1 saturated carbocycles. The maximum absolute atomic E-state index is 12.1. The van der Waals surface area contributed by atoms with Gasteiger partial charge in [-0.25, -0.2) is 9.78 Å². The minimum atomic E-state index is -0.454. The number of halogens is 1. The molecule has 0 radical (unpaired) electrons. The topological polar surface area (TPSA) is 54.5 Å². The molecule has 1 unspecified atom stereocenters. The van der Waals surface area contributed by atoms with E-state index in [1.807, 2.05) is 51.1 Å². The summed E-state index contributed by atoms with van der Waals surface area (Å²) in [4.78, 5) is 18.6. The Labute approximate surface area is 152 Å². The normalized spacial score (nSPS) is 25.0. The Balaban J connectivity index is 1.40. The maximum Gasteiger partial charge on any atom is 0.410 e. The highest BCUT2D eigenvalue weighted by Crippen LogP contribution is 2.48. The van der Waals surface area contributed by atoms with Gasteiger partial charge in [-0.15, -0.1) is 0 Å². The average Bonchev–Trinajstić information content (AvgIpc) is 2.97. The molecule has 6 heteroatoms. The van der Waals surface area contributed by atoms with Crippen molar-refractivity contribution >= 4 is 34.4 Å². The van der Waals surface area contributed by atoms with Crippen molar-refractivity contribution in [1.82, 2.24) is 9.88 Å². The van der Waals surface area contributed by atoms with Crippen molar-refractivity contribution in [2.75, 3.05) is 18.4 Å². The van der Waals surface area contributed by atoms with Gasteiger partial charge >= 0.3 is 6.09 Å². The fraction of sp³-hybridized carbons (Fsp3) is 0.474. The molecule has 3 atom stereocenters. The molecule has 4 rings (SSSR count). The molecule has 0 spiro atoms. The van der Waals surface area contributed by atoms with Gasteiger partial charge in [-0.2, -0.15) is 0 Å². The van der Waals surface area contributed by atoms with Crippen molar-refractivity contribution < 1.29 is 9.53 Å². The molecular weight excluding hydrogens is 338 g/mol. The van der Waals surface area contributed by atoms with Crippen LogP contribution >= 0.6 is 11.6 Å². The van der Waals surface area contributed by atoms with Crippen molar-refractivity contribution in [3.8, 4) is 0 Å². The van der Waals surface area contributed by atoms with Crippen LogP contribution in [0, 0.1) is 11.8 Å². The summed E-state index contributed by atoms with van der Waals surface area (Å²) in [6.45, 7) is 7.11. The number of fused-ring (bicyclic) bond motifs is 2. The Morgan fingerprint density at radius 3 is 2.64 bits per heavy atom. The predicted molar refractivity (Wildman–Crippen MR) is 99.0 cm³/mol. The number of benzene rings is 1. The lowest BCUT2D eigenvalue weighted by atomic mass is 10.2. The summed E-state index contributed by atoms with van der Waals surface area (Å²) in [5.74, 6) is 1.61. The standard InChI is InChI=1S/C19H22ClN3O2/c1-19(2,3)25-18(24)23-9-12-13(10-23)16(12)22-17-14(20)8-11-6-4-5-7-15(11)21-17/h4-8,12-13,16H,9-10H2,1-3H3,(H,21,22)/t12-,13+,16?. The number of nitrogens with one attached hydrogen (secondary N) is 1. The lowest BCUT2D eigenvalue weighted by molar-refractivity contribution is 0.0272. The third-order valence-corrected chi connectivity index (χ3v) is 5.11. The fourth-order valence-corrected chi connectivity index (χ4v) is 3.78. The number of pyridine rings is 1. The van der Waals surface area contributed by atoms with Gasteiger partial charge in [0, 0.05) is 36.4 Å². The number of anilines is 1. The smallest absolute Gasteiger partial charge is 0.410 e. The number of para-hydroxylation sites is 1. The molecule has 25 heavy (non-hydrogen) atoms. The summed E-state index contributed by atoms with van der Waals surface area (Å²) in [7, 11) is 0. The SMILES string of the molecule is CC(C)(C)OC(=O)N1C[C@@H]2C(Nc3nc4ccccc4cc3Cl)[C@@H]2C1. The number of hydrogen-bond acceptors (Lipinski definition) is 4. The van der Waals surface area contributed by atoms with Gasteiger partial charge < -0.3 is 15.0 Å². The van der Waals surface area contributed by atoms with Gasteiger partial charge in [0.1, 0.15) is 11.4 Å². The molecule has 1 saturated heterocycles. The number of likely N-dealkylation sites (tertiary alicyclic amines) is 1. The van der Waals surface area contributed by atoms with Crippen LogP contribution < -0.4 is 5.32 Å². The van der Waals surface area contributed by atoms with Crippen LogP contribution in [0.3, 0.4) is 0 Å². The molecule has 1 aliphatic heterocycles. The molecule has 5 nitrogen and oxygen atoms in total. The first kappa shape index (κ1) is 16.5. The van der Waals surface area contributed by atoms with Gasteiger partial charge in [-0.05, 0) is 32.9 Å². The summed E-state index contributed by atoms with van der Waals surface area (Å²) >= 11 is 6.37. The zero-order valence-electron chi connectivity index (χ0n) is 14.6. The molecule has 132 valence electrons. The van der Waals surface area contributed by atoms with Crippen molar-refractivity contribution in [2.24, 2.45) is 11.8 Å². The molecule has 2 aromatic rings. The highest BCUT2D eigenvalue weighted by Gasteiger charge is 2.57. The van der Waals surface area contributed by atoms with Crippen LogP contribution in [0.25, 0.3) is 10.9 Å². The van der Waals surface area contributed by atoms with Crippen LogP contribution in [-0.4, -0.2) is 40.7 Å². The van der Waals surface area contributed by atoms with E-state index < -0.39 is 5.60 Å². The summed E-state index contributed by atoms with van der Waals surface area (Å²) in [5, 5.41) is 5.13. The quantitative estimate of drug-likeness (QED) is 0.874. The van der Waals surface area contributed by atoms with Crippen LogP contribution in [-0.2, 0) is 4.74 Å². The minimum absolute atomic E-state index is 0.222. The number of carbonyl (C=O) groups excluding carboxylic acids is 1. The molecule has 1 amide bonds. The molecule has 0 bridgehead atoms. The van der Waals surface area contributed by atoms with Crippen molar-refractivity contribution in [2.45, 2.75) is 32.4 Å². The van der Waals surface area contributed by atoms with E-state index in [2.05, 4.69) is 10.3 Å². The summed E-state index contributed by atoms with van der Waals surface area (Å²) in [5.41, 5.74) is 0.472. The van der Waals surface area contributed by atoms with Crippen molar-refractivity contribution in [1.29, 1.82) is 0 Å². The molecular formula is C19H22ClN3O2. The van der Waals surface area contributed by atoms with Gasteiger partial charge in [-0.1, -0.05) is 29.8 Å². The Morgan fingerprint density at radius 1 is 1.28 bits per heavy atom. The van der Waals surface area contributed by atoms with Gasteiger partial charge in [-0.3, -0.25) is 0 Å². The molecule has 1 aromatic heterocycles. The Hall–Kier alpha value is -2.01. The second-order valence-electron chi connectivity index (χ2n) is 7.89. The number of nitrogens with zero attached hydrogens (tertiary/aromatic N) is 2. The van der Waals surface area contributed by atoms with E-state index in [1.54, 1.807) is 4.90 Å². The van der Waals surface area contributed by atoms with Crippen LogP contribution in [0.5, 0.6) is 0 Å². The largest absolute Gasteiger partial charge is 0.444 e. The van der Waals surface area contributed by atoms with Gasteiger partial charge in [0.25, 0.3) is 0 Å². The molecule has 2 heterocycles. The summed E-state index contributed by atoms with van der Waals surface area (Å²) < 4.78 is 5.44. The number of rotatable bonds is 2. The van der Waals surface area contributed by atoms with Gasteiger partial charge in [0.15, 0.2) is 0 Å². The van der Waals surface area contributed by atoms with Crippen molar-refractivity contribution in [3.63, 3.8) is 0 Å². The number of hydrogen-bond donors (Lipinski definition) is 1. The molecule has 2 aliphatic rings. The molecule has 2 fully saturated rings. The fourth-order valence-electron chi connectivity index (χ4n) is 3.57. The monoisotopic (exact) mass is 359 g/mol. The molecule has 1 aromatic carbocycles. The number of piperidine rings is 1. The zero-order valence-corrected chi connectivity index (χ0v) is 15.4. The van der Waals surface area contributed by atoms with E-state index in [4.69, 9.17) is 16.3 Å². The van der Waals surface area contributed by atoms with Gasteiger partial charge in [0.05, 0.1) is 10.5 Å². The van der Waals surface area contributed by atoms with Crippen molar-refractivity contribution in [3.05, 3.63) is 35.4 Å². The zero-order chi connectivity index (χ0) is 17.8. The van der Waals surface area contributed by atoms with Crippen LogP contribution in [0.15, 0.2) is 30.3 Å². The predicted octanol–water partition coefficient (Wildman–Crippen LogP) is 4.17. The van der Waals surface area contributed by atoms with E-state index in [9.17, 15) is 4.79 Å². The van der Waals surface area contributed by atoms with Gasteiger partial charge in [0.2, 0.25) is 0 Å². The number of aromatic nitrogens is 1. The lowest BCUT2D eigenvalue weighted by Gasteiger charge is -2.26. The Bertz CT molecular complexity index is 821. The average molecular weight is 360 g/mol. The maximum atomic E-state index is 12.1. The summed E-state index contributed by atoms with van der Waals surface area (Å²) in [6.07, 6.45) is -0.222. The van der Waals surface area contributed by atoms with E-state index in [1.165, 1.54) is 0 Å². The van der Waals surface area contributed by atoms with Crippen LogP contribution in [0.4, 0.5) is 10.6 Å². The van der Waals surface area contributed by atoms with Crippen LogP contribution in [0.1, 0.15) is 20.8 Å². The Morgan fingerprint density at radius 2 is 1.96 bits per heavy atom. The first-order valence-electron chi connectivity index (χ1n) is 8.61. The van der Waals surface area contributed by atoms with E-state index in [0.29, 0.717) is 22.9 Å².